The number of amides is 2. The summed E-state index contributed by atoms with van der Waals surface area (Å²) in [4.78, 5) is 23.2. The number of nitrogens with zero attached hydrogens (tertiary/aromatic N) is 1. The molecule has 0 saturated heterocycles. The zero-order chi connectivity index (χ0) is 20.7. The van der Waals surface area contributed by atoms with Crippen molar-refractivity contribution in [3.63, 3.8) is 0 Å². The fraction of sp³-hybridized carbons (Fsp3) is 0.571. The molecule has 0 aliphatic heterocycles. The third-order valence-corrected chi connectivity index (χ3v) is 5.27. The lowest BCUT2D eigenvalue weighted by molar-refractivity contribution is -0.126. The molecule has 1 aliphatic rings. The summed E-state index contributed by atoms with van der Waals surface area (Å²) in [7, 11) is 1.50. The first-order valence-corrected chi connectivity index (χ1v) is 9.62. The highest BCUT2D eigenvalue weighted by atomic mass is 16.5. The summed E-state index contributed by atoms with van der Waals surface area (Å²) >= 11 is 0. The Morgan fingerprint density at radius 3 is 2.46 bits per heavy atom. The lowest BCUT2D eigenvalue weighted by Gasteiger charge is -2.36. The van der Waals surface area contributed by atoms with Crippen molar-refractivity contribution in [1.82, 2.24) is 5.43 Å². The molecule has 7 nitrogen and oxygen atoms in total. The summed E-state index contributed by atoms with van der Waals surface area (Å²) in [5.41, 5.74) is 8.76. The Morgan fingerprint density at radius 2 is 1.89 bits per heavy atom. The van der Waals surface area contributed by atoms with E-state index in [4.69, 9.17) is 15.2 Å². The van der Waals surface area contributed by atoms with E-state index in [-0.39, 0.29) is 18.4 Å². The van der Waals surface area contributed by atoms with Gasteiger partial charge in [0, 0.05) is 5.92 Å². The van der Waals surface area contributed by atoms with E-state index in [9.17, 15) is 9.59 Å². The number of carbonyl (C=O) groups is 2. The van der Waals surface area contributed by atoms with E-state index in [1.807, 2.05) is 0 Å². The fourth-order valence-corrected chi connectivity index (χ4v) is 3.52. The topological polar surface area (TPSA) is 103 Å². The van der Waals surface area contributed by atoms with Gasteiger partial charge in [-0.05, 0) is 60.8 Å². The molecule has 2 amide bonds. The molecule has 1 fully saturated rings. The monoisotopic (exact) mass is 389 g/mol. The zero-order valence-electron chi connectivity index (χ0n) is 17.2. The van der Waals surface area contributed by atoms with Crippen LogP contribution in [-0.4, -0.2) is 31.7 Å². The standard InChI is InChI=1S/C21H31N3O4/c1-21(2,3)16-8-6-15(7-9-16)20(26)24-23-12-14-5-10-17(18(11-14)27-4)28-13-19(22)25/h5,10-12,15-16H,6-9,13H2,1-4H3,(H2,22,25)(H,24,26). The van der Waals surface area contributed by atoms with E-state index in [0.717, 1.165) is 31.2 Å². The van der Waals surface area contributed by atoms with Gasteiger partial charge < -0.3 is 15.2 Å². The zero-order valence-corrected chi connectivity index (χ0v) is 17.2. The van der Waals surface area contributed by atoms with Crippen LogP contribution in [0.25, 0.3) is 0 Å². The average Bonchev–Trinajstić information content (AvgIpc) is 2.66. The van der Waals surface area contributed by atoms with Gasteiger partial charge in [-0.1, -0.05) is 20.8 Å². The normalized spacial score (nSPS) is 20.0. The molecule has 7 heteroatoms. The van der Waals surface area contributed by atoms with Crippen LogP contribution < -0.4 is 20.6 Å². The molecule has 28 heavy (non-hydrogen) atoms. The maximum atomic E-state index is 12.4. The number of nitrogens with one attached hydrogen (secondary N) is 1. The highest BCUT2D eigenvalue weighted by Gasteiger charge is 2.32. The van der Waals surface area contributed by atoms with Crippen molar-refractivity contribution >= 4 is 18.0 Å². The maximum Gasteiger partial charge on any atom is 0.255 e. The summed E-state index contributed by atoms with van der Waals surface area (Å²) in [6.45, 7) is 6.57. The van der Waals surface area contributed by atoms with Crippen LogP contribution in [0.4, 0.5) is 0 Å². The van der Waals surface area contributed by atoms with E-state index >= 15 is 0 Å². The van der Waals surface area contributed by atoms with Crippen molar-refractivity contribution in [1.29, 1.82) is 0 Å². The number of ether oxygens (including phenoxy) is 2. The van der Waals surface area contributed by atoms with Crippen molar-refractivity contribution in [2.24, 2.45) is 28.1 Å². The van der Waals surface area contributed by atoms with Gasteiger partial charge >= 0.3 is 0 Å². The smallest absolute Gasteiger partial charge is 0.255 e. The highest BCUT2D eigenvalue weighted by Crippen LogP contribution is 2.39. The second-order valence-electron chi connectivity index (χ2n) is 8.31. The molecule has 2 rings (SSSR count). The summed E-state index contributed by atoms with van der Waals surface area (Å²) in [6, 6.07) is 5.13. The molecule has 0 bridgehead atoms. The van der Waals surface area contributed by atoms with E-state index in [1.165, 1.54) is 7.11 Å². The number of benzene rings is 1. The van der Waals surface area contributed by atoms with Crippen molar-refractivity contribution < 1.29 is 19.1 Å². The van der Waals surface area contributed by atoms with Crippen LogP contribution in [0.2, 0.25) is 0 Å². The van der Waals surface area contributed by atoms with Gasteiger partial charge in [-0.15, -0.1) is 0 Å². The molecular weight excluding hydrogens is 358 g/mol. The molecule has 0 atom stereocenters. The van der Waals surface area contributed by atoms with E-state index in [0.29, 0.717) is 22.8 Å². The molecule has 0 spiro atoms. The van der Waals surface area contributed by atoms with Gasteiger partial charge in [-0.25, -0.2) is 5.43 Å². The largest absolute Gasteiger partial charge is 0.493 e. The predicted octanol–water partition coefficient (Wildman–Crippen LogP) is 2.86. The molecular formula is C21H31N3O4. The SMILES string of the molecule is COc1cc(C=NNC(=O)C2CCC(C(C)(C)C)CC2)ccc1OCC(N)=O. The van der Waals surface area contributed by atoms with Crippen molar-refractivity contribution in [2.45, 2.75) is 46.5 Å². The summed E-state index contributed by atoms with van der Waals surface area (Å²) in [5.74, 6) is 0.969. The minimum absolute atomic E-state index is 0.0230. The fourth-order valence-electron chi connectivity index (χ4n) is 3.52. The number of hydrogen-bond acceptors (Lipinski definition) is 5. The van der Waals surface area contributed by atoms with Gasteiger partial charge in [-0.2, -0.15) is 5.10 Å². The second kappa shape index (κ2) is 9.57. The van der Waals surface area contributed by atoms with Gasteiger partial charge in [0.05, 0.1) is 13.3 Å². The number of methoxy groups -OCH3 is 1. The number of hydrazone groups is 1. The molecule has 1 aromatic rings. The third-order valence-electron chi connectivity index (χ3n) is 5.27. The van der Waals surface area contributed by atoms with Gasteiger partial charge in [0.15, 0.2) is 18.1 Å². The Morgan fingerprint density at radius 1 is 1.21 bits per heavy atom. The van der Waals surface area contributed by atoms with Crippen molar-refractivity contribution in [3.8, 4) is 11.5 Å². The molecule has 1 saturated carbocycles. The first-order chi connectivity index (χ1) is 13.2. The lowest BCUT2D eigenvalue weighted by atomic mass is 9.70. The van der Waals surface area contributed by atoms with Crippen LogP contribution in [0.15, 0.2) is 23.3 Å². The van der Waals surface area contributed by atoms with Crippen LogP contribution in [-0.2, 0) is 9.59 Å². The second-order valence-corrected chi connectivity index (χ2v) is 8.31. The number of primary amides is 1. The van der Waals surface area contributed by atoms with E-state index in [2.05, 4.69) is 31.3 Å². The molecule has 1 aromatic carbocycles. The molecule has 154 valence electrons. The number of carbonyl (C=O) groups excluding carboxylic acids is 2. The first kappa shape index (κ1) is 21.7. The van der Waals surface area contributed by atoms with Gasteiger partial charge in [0.25, 0.3) is 5.91 Å². The van der Waals surface area contributed by atoms with Crippen LogP contribution in [0, 0.1) is 17.3 Å². The predicted molar refractivity (Wildman–Crippen MR) is 108 cm³/mol. The average molecular weight is 389 g/mol. The first-order valence-electron chi connectivity index (χ1n) is 9.62. The van der Waals surface area contributed by atoms with Crippen LogP contribution in [0.3, 0.4) is 0 Å². The number of hydrogen-bond donors (Lipinski definition) is 2. The van der Waals surface area contributed by atoms with Crippen molar-refractivity contribution in [2.75, 3.05) is 13.7 Å². The molecule has 3 N–H and O–H groups in total. The quantitative estimate of drug-likeness (QED) is 0.553. The Bertz CT molecular complexity index is 717. The third kappa shape index (κ3) is 6.25. The van der Waals surface area contributed by atoms with Crippen LogP contribution in [0.1, 0.15) is 52.0 Å². The highest BCUT2D eigenvalue weighted by molar-refractivity contribution is 5.84. The Balaban J connectivity index is 1.88. The molecule has 1 aliphatic carbocycles. The number of rotatable bonds is 7. The number of nitrogens with two attached hydrogens (primary N) is 1. The maximum absolute atomic E-state index is 12.4. The molecule has 0 unspecified atom stereocenters. The minimum atomic E-state index is -0.563. The van der Waals surface area contributed by atoms with Gasteiger partial charge in [0.2, 0.25) is 5.91 Å². The molecule has 0 aromatic heterocycles. The van der Waals surface area contributed by atoms with Gasteiger partial charge in [-0.3, -0.25) is 9.59 Å². The van der Waals surface area contributed by atoms with E-state index in [1.54, 1.807) is 24.4 Å². The Labute approximate surface area is 166 Å². The Kier molecular flexibility index (Phi) is 7.43. The molecule has 0 radical (unpaired) electrons. The summed E-state index contributed by atoms with van der Waals surface area (Å²) in [6.07, 6.45) is 5.52. The van der Waals surface area contributed by atoms with Crippen molar-refractivity contribution in [3.05, 3.63) is 23.8 Å². The lowest BCUT2D eigenvalue weighted by Crippen LogP contribution is -2.33. The summed E-state index contributed by atoms with van der Waals surface area (Å²) in [5, 5.41) is 4.07. The van der Waals surface area contributed by atoms with Crippen LogP contribution >= 0.6 is 0 Å². The minimum Gasteiger partial charge on any atom is -0.493 e. The molecule has 0 heterocycles. The Hall–Kier alpha value is -2.57. The van der Waals surface area contributed by atoms with Gasteiger partial charge in [0.1, 0.15) is 0 Å². The van der Waals surface area contributed by atoms with E-state index < -0.39 is 5.91 Å². The summed E-state index contributed by atoms with van der Waals surface area (Å²) < 4.78 is 10.5. The van der Waals surface area contributed by atoms with Crippen LogP contribution in [0.5, 0.6) is 11.5 Å².